The molecular weight excluding hydrogens is 241 g/mol. The highest BCUT2D eigenvalue weighted by Gasteiger charge is 2.31. The summed E-state index contributed by atoms with van der Waals surface area (Å²) in [5, 5.41) is 3.23. The normalized spacial score (nSPS) is 14.4. The van der Waals surface area contributed by atoms with Gasteiger partial charge in [-0.15, -0.1) is 6.58 Å². The van der Waals surface area contributed by atoms with E-state index in [2.05, 4.69) is 23.8 Å². The molecule has 1 aromatic rings. The van der Waals surface area contributed by atoms with Crippen LogP contribution in [-0.2, 0) is 6.54 Å². The van der Waals surface area contributed by atoms with Crippen LogP contribution in [0.3, 0.4) is 0 Å². The highest BCUT2D eigenvalue weighted by Crippen LogP contribution is 2.32. The SMILES string of the molecule is C=CCN(c1nccc(CNCCC)c1F)C1CC1. The molecule has 19 heavy (non-hydrogen) atoms. The zero-order valence-electron chi connectivity index (χ0n) is 11.5. The highest BCUT2D eigenvalue weighted by atomic mass is 19.1. The molecule has 1 fully saturated rings. The molecule has 1 aliphatic rings. The third kappa shape index (κ3) is 3.53. The minimum atomic E-state index is -0.195. The summed E-state index contributed by atoms with van der Waals surface area (Å²) >= 11 is 0. The fourth-order valence-electron chi connectivity index (χ4n) is 2.14. The third-order valence-electron chi connectivity index (χ3n) is 3.28. The van der Waals surface area contributed by atoms with E-state index in [0.717, 1.165) is 25.8 Å². The van der Waals surface area contributed by atoms with E-state index in [1.54, 1.807) is 18.3 Å². The fraction of sp³-hybridized carbons (Fsp3) is 0.533. The summed E-state index contributed by atoms with van der Waals surface area (Å²) in [6.45, 7) is 7.95. The zero-order valence-corrected chi connectivity index (χ0v) is 11.5. The Morgan fingerprint density at radius 1 is 1.58 bits per heavy atom. The van der Waals surface area contributed by atoms with Crippen molar-refractivity contribution in [3.8, 4) is 0 Å². The van der Waals surface area contributed by atoms with Gasteiger partial charge in [-0.25, -0.2) is 9.37 Å². The molecule has 4 heteroatoms. The van der Waals surface area contributed by atoms with Crippen LogP contribution in [0, 0.1) is 5.82 Å². The van der Waals surface area contributed by atoms with Crippen molar-refractivity contribution < 1.29 is 4.39 Å². The number of hydrogen-bond acceptors (Lipinski definition) is 3. The fourth-order valence-corrected chi connectivity index (χ4v) is 2.14. The lowest BCUT2D eigenvalue weighted by molar-refractivity contribution is 0.575. The second kappa shape index (κ2) is 6.66. The van der Waals surface area contributed by atoms with Crippen molar-refractivity contribution in [2.24, 2.45) is 0 Å². The van der Waals surface area contributed by atoms with Crippen LogP contribution in [0.15, 0.2) is 24.9 Å². The Labute approximate surface area is 114 Å². The summed E-state index contributed by atoms with van der Waals surface area (Å²) in [5.74, 6) is 0.276. The van der Waals surface area contributed by atoms with Crippen molar-refractivity contribution >= 4 is 5.82 Å². The van der Waals surface area contributed by atoms with Gasteiger partial charge in [0.2, 0.25) is 0 Å². The molecule has 104 valence electrons. The largest absolute Gasteiger partial charge is 0.347 e. The smallest absolute Gasteiger partial charge is 0.170 e. The molecule has 1 aromatic heterocycles. The van der Waals surface area contributed by atoms with E-state index in [1.807, 2.05) is 4.90 Å². The van der Waals surface area contributed by atoms with Crippen LogP contribution in [0.5, 0.6) is 0 Å². The lowest BCUT2D eigenvalue weighted by Crippen LogP contribution is -2.28. The van der Waals surface area contributed by atoms with E-state index in [0.29, 0.717) is 30.5 Å². The molecule has 1 heterocycles. The monoisotopic (exact) mass is 263 g/mol. The summed E-state index contributed by atoms with van der Waals surface area (Å²) < 4.78 is 14.5. The quantitative estimate of drug-likeness (QED) is 0.577. The molecular formula is C15H22FN3. The molecule has 0 atom stereocenters. The Hall–Kier alpha value is -1.42. The number of hydrogen-bond donors (Lipinski definition) is 1. The van der Waals surface area contributed by atoms with Gasteiger partial charge >= 0.3 is 0 Å². The molecule has 0 amide bonds. The van der Waals surface area contributed by atoms with Gasteiger partial charge in [0.15, 0.2) is 11.6 Å². The maximum Gasteiger partial charge on any atom is 0.170 e. The molecule has 0 saturated heterocycles. The first-order chi connectivity index (χ1) is 9.27. The van der Waals surface area contributed by atoms with Crippen molar-refractivity contribution in [1.29, 1.82) is 0 Å². The maximum absolute atomic E-state index is 14.5. The Bertz CT molecular complexity index is 429. The molecule has 0 aromatic carbocycles. The number of anilines is 1. The number of halogens is 1. The topological polar surface area (TPSA) is 28.2 Å². The van der Waals surface area contributed by atoms with E-state index in [4.69, 9.17) is 0 Å². The van der Waals surface area contributed by atoms with Crippen LogP contribution in [0.25, 0.3) is 0 Å². The minimum Gasteiger partial charge on any atom is -0.347 e. The van der Waals surface area contributed by atoms with Gasteiger partial charge in [-0.3, -0.25) is 0 Å². The van der Waals surface area contributed by atoms with Crippen LogP contribution in [0.1, 0.15) is 31.7 Å². The van der Waals surface area contributed by atoms with E-state index in [-0.39, 0.29) is 5.82 Å². The Morgan fingerprint density at radius 3 is 3.00 bits per heavy atom. The van der Waals surface area contributed by atoms with Gasteiger partial charge in [0.1, 0.15) is 0 Å². The van der Waals surface area contributed by atoms with Crippen molar-refractivity contribution in [2.75, 3.05) is 18.0 Å². The Balaban J connectivity index is 2.15. The maximum atomic E-state index is 14.5. The molecule has 2 rings (SSSR count). The van der Waals surface area contributed by atoms with Gasteiger partial charge in [0.25, 0.3) is 0 Å². The van der Waals surface area contributed by atoms with Crippen LogP contribution in [0.4, 0.5) is 10.2 Å². The minimum absolute atomic E-state index is 0.195. The summed E-state index contributed by atoms with van der Waals surface area (Å²) in [6, 6.07) is 2.18. The van der Waals surface area contributed by atoms with Gasteiger partial charge < -0.3 is 10.2 Å². The molecule has 1 aliphatic carbocycles. The summed E-state index contributed by atoms with van der Waals surface area (Å²) in [6.07, 6.45) is 6.78. The first-order valence-corrected chi connectivity index (χ1v) is 6.99. The van der Waals surface area contributed by atoms with Gasteiger partial charge in [0.05, 0.1) is 0 Å². The van der Waals surface area contributed by atoms with Gasteiger partial charge in [0, 0.05) is 30.9 Å². The van der Waals surface area contributed by atoms with E-state index >= 15 is 0 Å². The van der Waals surface area contributed by atoms with Crippen LogP contribution < -0.4 is 10.2 Å². The van der Waals surface area contributed by atoms with Crippen LogP contribution in [-0.4, -0.2) is 24.1 Å². The lowest BCUT2D eigenvalue weighted by atomic mass is 10.2. The first kappa shape index (κ1) is 14.0. The molecule has 0 radical (unpaired) electrons. The molecule has 1 N–H and O–H groups in total. The molecule has 0 bridgehead atoms. The van der Waals surface area contributed by atoms with Crippen molar-refractivity contribution in [3.05, 3.63) is 36.3 Å². The number of rotatable bonds is 8. The van der Waals surface area contributed by atoms with Crippen molar-refractivity contribution in [3.63, 3.8) is 0 Å². The summed E-state index contributed by atoms with van der Waals surface area (Å²) in [4.78, 5) is 6.24. The molecule has 3 nitrogen and oxygen atoms in total. The average molecular weight is 263 g/mol. The van der Waals surface area contributed by atoms with Crippen LogP contribution in [0.2, 0.25) is 0 Å². The highest BCUT2D eigenvalue weighted by molar-refractivity contribution is 5.46. The van der Waals surface area contributed by atoms with E-state index < -0.39 is 0 Å². The Morgan fingerprint density at radius 2 is 2.37 bits per heavy atom. The number of pyridine rings is 1. The molecule has 0 unspecified atom stereocenters. The first-order valence-electron chi connectivity index (χ1n) is 6.99. The van der Waals surface area contributed by atoms with Gasteiger partial charge in [-0.1, -0.05) is 13.0 Å². The standard InChI is InChI=1S/C15H22FN3/c1-3-8-17-11-12-7-9-18-15(14(12)16)19(10-4-2)13-5-6-13/h4,7,9,13,17H,2-3,5-6,8,10-11H2,1H3. The molecule has 0 aliphatic heterocycles. The molecule has 0 spiro atoms. The lowest BCUT2D eigenvalue weighted by Gasteiger charge is -2.23. The second-order valence-corrected chi connectivity index (χ2v) is 4.96. The number of nitrogens with one attached hydrogen (secondary N) is 1. The number of aromatic nitrogens is 1. The zero-order chi connectivity index (χ0) is 13.7. The van der Waals surface area contributed by atoms with E-state index in [1.165, 1.54) is 0 Å². The number of nitrogens with zero attached hydrogens (tertiary/aromatic N) is 2. The summed E-state index contributed by atoms with van der Waals surface area (Å²) in [5.41, 5.74) is 0.688. The third-order valence-corrected chi connectivity index (χ3v) is 3.28. The Kier molecular flexibility index (Phi) is 4.91. The summed E-state index contributed by atoms with van der Waals surface area (Å²) in [7, 11) is 0. The predicted octanol–water partition coefficient (Wildman–Crippen LogP) is 2.88. The molecule has 1 saturated carbocycles. The van der Waals surface area contributed by atoms with Gasteiger partial charge in [-0.2, -0.15) is 0 Å². The second-order valence-electron chi connectivity index (χ2n) is 4.96. The average Bonchev–Trinajstić information content (AvgIpc) is 3.23. The van der Waals surface area contributed by atoms with Gasteiger partial charge in [-0.05, 0) is 31.9 Å². The van der Waals surface area contributed by atoms with E-state index in [9.17, 15) is 4.39 Å². The predicted molar refractivity (Wildman–Crippen MR) is 76.8 cm³/mol. The van der Waals surface area contributed by atoms with Crippen molar-refractivity contribution in [1.82, 2.24) is 10.3 Å². The van der Waals surface area contributed by atoms with Crippen molar-refractivity contribution in [2.45, 2.75) is 38.8 Å². The van der Waals surface area contributed by atoms with Crippen LogP contribution >= 0.6 is 0 Å².